The van der Waals surface area contributed by atoms with Gasteiger partial charge in [-0.3, -0.25) is 4.79 Å². The third-order valence-electron chi connectivity index (χ3n) is 2.69. The van der Waals surface area contributed by atoms with Crippen LogP contribution in [-0.4, -0.2) is 47.6 Å². The molecule has 0 aromatic carbocycles. The van der Waals surface area contributed by atoms with Crippen LogP contribution in [0.15, 0.2) is 0 Å². The number of rotatable bonds is 1. The topological polar surface area (TPSA) is 58.4 Å². The van der Waals surface area contributed by atoms with Crippen LogP contribution in [0.2, 0.25) is 0 Å². The first kappa shape index (κ1) is 9.30. The number of nitrogens with zero attached hydrogens (tertiary/aromatic N) is 1. The largest absolute Gasteiger partial charge is 0.339 e. The first-order valence-corrected chi connectivity index (χ1v) is 5.61. The minimum absolute atomic E-state index is 0.0752. The maximum atomic E-state index is 11.3. The molecule has 4 nitrogen and oxygen atoms in total. The van der Waals surface area contributed by atoms with Crippen molar-refractivity contribution in [3.63, 3.8) is 0 Å². The van der Waals surface area contributed by atoms with Crippen molar-refractivity contribution in [2.45, 2.75) is 11.3 Å². The monoisotopic (exact) mass is 201 g/mol. The predicted molar refractivity (Wildman–Crippen MR) is 53.4 cm³/mol. The van der Waals surface area contributed by atoms with Gasteiger partial charge in [0.2, 0.25) is 5.91 Å². The van der Waals surface area contributed by atoms with Crippen LogP contribution in [0.4, 0.5) is 0 Å². The van der Waals surface area contributed by atoms with Crippen LogP contribution in [-0.2, 0) is 4.79 Å². The molecule has 2 aliphatic heterocycles. The maximum absolute atomic E-state index is 11.3. The Hall–Kier alpha value is -0.260. The molecule has 1 amide bonds. The molecule has 2 heterocycles. The number of thioether (sulfide) groups is 1. The molecule has 0 bridgehead atoms. The van der Waals surface area contributed by atoms with Crippen LogP contribution >= 0.6 is 11.8 Å². The van der Waals surface area contributed by atoms with Gasteiger partial charge in [0.05, 0.1) is 11.4 Å². The summed E-state index contributed by atoms with van der Waals surface area (Å²) in [6, 6.07) is 0. The van der Waals surface area contributed by atoms with Crippen LogP contribution in [0.25, 0.3) is 0 Å². The number of hydrogen-bond acceptors (Lipinski definition) is 4. The summed E-state index contributed by atoms with van der Waals surface area (Å²) in [7, 11) is 0. The van der Waals surface area contributed by atoms with Crippen LogP contribution in [0, 0.1) is 0 Å². The van der Waals surface area contributed by atoms with Crippen LogP contribution in [0.5, 0.6) is 0 Å². The van der Waals surface area contributed by atoms with Crippen molar-refractivity contribution in [1.29, 1.82) is 0 Å². The lowest BCUT2D eigenvalue weighted by molar-refractivity contribution is -0.128. The number of hydrogen-bond donors (Lipinski definition) is 2. The summed E-state index contributed by atoms with van der Waals surface area (Å²) in [4.78, 5) is 13.3. The van der Waals surface area contributed by atoms with Gasteiger partial charge in [0.15, 0.2) is 0 Å². The van der Waals surface area contributed by atoms with E-state index >= 15 is 0 Å². The van der Waals surface area contributed by atoms with Gasteiger partial charge in [-0.05, 0) is 6.42 Å². The summed E-state index contributed by atoms with van der Waals surface area (Å²) < 4.78 is 0. The molecule has 0 aromatic heterocycles. The second kappa shape index (κ2) is 3.48. The van der Waals surface area contributed by atoms with E-state index in [1.54, 1.807) is 0 Å². The Bertz CT molecular complexity index is 215. The molecule has 0 saturated carbocycles. The molecular formula is C8H15N3OS. The predicted octanol–water partition coefficient (Wildman–Crippen LogP) is -0.790. The first-order valence-electron chi connectivity index (χ1n) is 4.63. The standard InChI is InChI=1S/C8H15N3OS/c9-5-7(12)11-3-1-8(6-11)10-2-4-13-8/h10H,1-6,9H2. The summed E-state index contributed by atoms with van der Waals surface area (Å²) in [5.41, 5.74) is 5.32. The van der Waals surface area contributed by atoms with E-state index in [1.807, 2.05) is 16.7 Å². The second-order valence-electron chi connectivity index (χ2n) is 3.54. The van der Waals surface area contributed by atoms with Crippen molar-refractivity contribution >= 4 is 17.7 Å². The van der Waals surface area contributed by atoms with E-state index in [0.29, 0.717) is 0 Å². The zero-order valence-electron chi connectivity index (χ0n) is 7.58. The van der Waals surface area contributed by atoms with Crippen molar-refractivity contribution in [1.82, 2.24) is 10.2 Å². The fraction of sp³-hybridized carbons (Fsp3) is 0.875. The molecular weight excluding hydrogens is 186 g/mol. The van der Waals surface area contributed by atoms with E-state index in [1.165, 1.54) is 0 Å². The molecule has 5 heteroatoms. The summed E-state index contributed by atoms with van der Waals surface area (Å²) >= 11 is 1.94. The average molecular weight is 201 g/mol. The van der Waals surface area contributed by atoms with E-state index in [4.69, 9.17) is 5.73 Å². The van der Waals surface area contributed by atoms with Crippen LogP contribution in [0.3, 0.4) is 0 Å². The van der Waals surface area contributed by atoms with Crippen LogP contribution in [0.1, 0.15) is 6.42 Å². The highest BCUT2D eigenvalue weighted by atomic mass is 32.2. The average Bonchev–Trinajstić information content (AvgIpc) is 2.76. The molecule has 2 rings (SSSR count). The van der Waals surface area contributed by atoms with Crippen molar-refractivity contribution in [3.05, 3.63) is 0 Å². The Balaban J connectivity index is 1.96. The SMILES string of the molecule is NCC(=O)N1CCC2(C1)NCCS2. The van der Waals surface area contributed by atoms with Crippen LogP contribution < -0.4 is 11.1 Å². The molecule has 2 aliphatic rings. The van der Waals surface area contributed by atoms with Crippen molar-refractivity contribution in [2.24, 2.45) is 5.73 Å². The number of likely N-dealkylation sites (tertiary alicyclic amines) is 1. The quantitative estimate of drug-likeness (QED) is 0.584. The Morgan fingerprint density at radius 1 is 1.69 bits per heavy atom. The lowest BCUT2D eigenvalue weighted by Crippen LogP contribution is -2.42. The van der Waals surface area contributed by atoms with Gasteiger partial charge in [-0.2, -0.15) is 0 Å². The molecule has 1 spiro atoms. The highest BCUT2D eigenvalue weighted by Gasteiger charge is 2.42. The van der Waals surface area contributed by atoms with Gasteiger partial charge in [-0.25, -0.2) is 0 Å². The fourth-order valence-corrected chi connectivity index (χ4v) is 3.24. The molecule has 74 valence electrons. The summed E-state index contributed by atoms with van der Waals surface area (Å²) in [5.74, 6) is 1.23. The van der Waals surface area contributed by atoms with E-state index < -0.39 is 0 Å². The highest BCUT2D eigenvalue weighted by Crippen LogP contribution is 2.35. The van der Waals surface area contributed by atoms with E-state index in [9.17, 15) is 4.79 Å². The smallest absolute Gasteiger partial charge is 0.236 e. The van der Waals surface area contributed by atoms with E-state index in [2.05, 4.69) is 5.32 Å². The Morgan fingerprint density at radius 2 is 2.54 bits per heavy atom. The number of carbonyl (C=O) groups excluding carboxylic acids is 1. The third-order valence-corrected chi connectivity index (χ3v) is 4.13. The van der Waals surface area contributed by atoms with Gasteiger partial charge < -0.3 is 16.0 Å². The molecule has 1 atom stereocenters. The lowest BCUT2D eigenvalue weighted by Gasteiger charge is -2.23. The molecule has 3 N–H and O–H groups in total. The molecule has 2 fully saturated rings. The normalized spacial score (nSPS) is 33.2. The highest BCUT2D eigenvalue weighted by molar-refractivity contribution is 8.00. The molecule has 0 aromatic rings. The Labute approximate surface area is 82.2 Å². The van der Waals surface area contributed by atoms with E-state index in [0.717, 1.165) is 31.8 Å². The summed E-state index contributed by atoms with van der Waals surface area (Å²) in [6.45, 7) is 2.89. The van der Waals surface area contributed by atoms with Gasteiger partial charge >= 0.3 is 0 Å². The van der Waals surface area contributed by atoms with Gasteiger partial charge in [0, 0.05) is 25.4 Å². The third kappa shape index (κ3) is 1.68. The fourth-order valence-electron chi connectivity index (χ4n) is 1.96. The molecule has 0 radical (unpaired) electrons. The van der Waals surface area contributed by atoms with Crippen molar-refractivity contribution < 1.29 is 4.79 Å². The van der Waals surface area contributed by atoms with Gasteiger partial charge in [0.25, 0.3) is 0 Å². The van der Waals surface area contributed by atoms with Gasteiger partial charge in [0.1, 0.15) is 0 Å². The number of amides is 1. The lowest BCUT2D eigenvalue weighted by atomic mass is 10.2. The maximum Gasteiger partial charge on any atom is 0.236 e. The molecule has 2 saturated heterocycles. The summed E-state index contributed by atoms with van der Waals surface area (Å²) in [6.07, 6.45) is 1.06. The number of nitrogens with two attached hydrogens (primary N) is 1. The minimum atomic E-state index is 0.0752. The van der Waals surface area contributed by atoms with Gasteiger partial charge in [-0.1, -0.05) is 0 Å². The zero-order chi connectivity index (χ0) is 9.31. The van der Waals surface area contributed by atoms with Crippen molar-refractivity contribution in [2.75, 3.05) is 31.9 Å². The first-order chi connectivity index (χ1) is 6.26. The molecule has 0 aliphatic carbocycles. The van der Waals surface area contributed by atoms with Crippen molar-refractivity contribution in [3.8, 4) is 0 Å². The molecule has 1 unspecified atom stereocenters. The van der Waals surface area contributed by atoms with Gasteiger partial charge in [-0.15, -0.1) is 11.8 Å². The Kier molecular flexibility index (Phi) is 2.49. The van der Waals surface area contributed by atoms with E-state index in [-0.39, 0.29) is 17.3 Å². The summed E-state index contributed by atoms with van der Waals surface area (Å²) in [5, 5.41) is 3.47. The zero-order valence-corrected chi connectivity index (χ0v) is 8.40. The minimum Gasteiger partial charge on any atom is -0.339 e. The Morgan fingerprint density at radius 3 is 3.15 bits per heavy atom. The number of carbonyl (C=O) groups is 1. The molecule has 13 heavy (non-hydrogen) atoms. The number of nitrogens with one attached hydrogen (secondary N) is 1. The second-order valence-corrected chi connectivity index (χ2v) is 5.02.